The number of hydrogen-bond acceptors (Lipinski definition) is 4. The van der Waals surface area contributed by atoms with E-state index in [9.17, 15) is 0 Å². The zero-order valence-electron chi connectivity index (χ0n) is 9.63. The van der Waals surface area contributed by atoms with Gasteiger partial charge in [0.25, 0.3) is 0 Å². The molecule has 3 rings (SSSR count). The van der Waals surface area contributed by atoms with Crippen molar-refractivity contribution in [2.24, 2.45) is 17.6 Å². The van der Waals surface area contributed by atoms with Gasteiger partial charge in [-0.3, -0.25) is 0 Å². The molecule has 2 bridgehead atoms. The second kappa shape index (κ2) is 3.70. The van der Waals surface area contributed by atoms with Gasteiger partial charge in [0.2, 0.25) is 0 Å². The van der Waals surface area contributed by atoms with E-state index in [0.29, 0.717) is 17.9 Å². The van der Waals surface area contributed by atoms with Crippen LogP contribution in [-0.2, 0) is 0 Å². The fourth-order valence-electron chi connectivity index (χ4n) is 3.07. The molecular weight excluding hydrogens is 200 g/mol. The molecule has 2 heterocycles. The first-order chi connectivity index (χ1) is 7.74. The standard InChI is InChI=1S/C12H18N4/c1-8-14-5-4-11(15-8)16-6-9-2-3-10(7-16)12(9)13/h4-5,9-10,12H,2-3,6-7,13H2,1H3/t9-,10?,12-/m0/s1. The SMILES string of the molecule is Cc1nccc(N2CC3CC[C@@H](C2)[C@@H]3N)n1. The van der Waals surface area contributed by atoms with E-state index in [2.05, 4.69) is 14.9 Å². The number of anilines is 1. The van der Waals surface area contributed by atoms with Gasteiger partial charge in [-0.25, -0.2) is 9.97 Å². The van der Waals surface area contributed by atoms with E-state index in [0.717, 1.165) is 24.7 Å². The smallest absolute Gasteiger partial charge is 0.132 e. The first-order valence-corrected chi connectivity index (χ1v) is 6.04. The van der Waals surface area contributed by atoms with Crippen LogP contribution >= 0.6 is 0 Å². The van der Waals surface area contributed by atoms with Crippen LogP contribution in [0.1, 0.15) is 18.7 Å². The van der Waals surface area contributed by atoms with Crippen LogP contribution in [0.4, 0.5) is 5.82 Å². The van der Waals surface area contributed by atoms with Crippen LogP contribution in [0.3, 0.4) is 0 Å². The molecule has 86 valence electrons. The average molecular weight is 218 g/mol. The maximum Gasteiger partial charge on any atom is 0.132 e. The predicted octanol–water partition coefficient (Wildman–Crippen LogP) is 0.959. The second-order valence-electron chi connectivity index (χ2n) is 5.04. The van der Waals surface area contributed by atoms with Gasteiger partial charge in [-0.1, -0.05) is 0 Å². The molecule has 2 N–H and O–H groups in total. The van der Waals surface area contributed by atoms with Gasteiger partial charge in [-0.15, -0.1) is 0 Å². The molecule has 2 aliphatic rings. The Kier molecular flexibility index (Phi) is 2.32. The van der Waals surface area contributed by atoms with Crippen LogP contribution in [0, 0.1) is 18.8 Å². The van der Waals surface area contributed by atoms with Gasteiger partial charge in [0.05, 0.1) is 0 Å². The van der Waals surface area contributed by atoms with Crippen molar-refractivity contribution >= 4 is 5.82 Å². The van der Waals surface area contributed by atoms with Crippen molar-refractivity contribution in [3.63, 3.8) is 0 Å². The maximum absolute atomic E-state index is 6.20. The number of piperidine rings is 1. The summed E-state index contributed by atoms with van der Waals surface area (Å²) >= 11 is 0. The molecule has 0 spiro atoms. The highest BCUT2D eigenvalue weighted by molar-refractivity contribution is 5.39. The second-order valence-corrected chi connectivity index (χ2v) is 5.04. The molecule has 4 nitrogen and oxygen atoms in total. The molecule has 1 aliphatic carbocycles. The van der Waals surface area contributed by atoms with Gasteiger partial charge in [0.1, 0.15) is 11.6 Å². The maximum atomic E-state index is 6.20. The molecule has 1 aliphatic heterocycles. The summed E-state index contributed by atoms with van der Waals surface area (Å²) in [6, 6.07) is 2.42. The number of nitrogens with zero attached hydrogens (tertiary/aromatic N) is 3. The van der Waals surface area contributed by atoms with E-state index in [-0.39, 0.29) is 0 Å². The minimum absolute atomic E-state index is 0.416. The lowest BCUT2D eigenvalue weighted by molar-refractivity contribution is 0.355. The molecule has 0 radical (unpaired) electrons. The number of nitrogens with two attached hydrogens (primary N) is 1. The highest BCUT2D eigenvalue weighted by Gasteiger charge is 2.40. The first-order valence-electron chi connectivity index (χ1n) is 6.04. The number of rotatable bonds is 1. The van der Waals surface area contributed by atoms with Gasteiger partial charge in [-0.2, -0.15) is 0 Å². The van der Waals surface area contributed by atoms with E-state index in [1.165, 1.54) is 12.8 Å². The van der Waals surface area contributed by atoms with Crippen molar-refractivity contribution in [3.05, 3.63) is 18.1 Å². The van der Waals surface area contributed by atoms with E-state index < -0.39 is 0 Å². The topological polar surface area (TPSA) is 55.0 Å². The monoisotopic (exact) mass is 218 g/mol. The summed E-state index contributed by atoms with van der Waals surface area (Å²) in [5.74, 6) is 3.24. The Balaban J connectivity index is 1.83. The van der Waals surface area contributed by atoms with E-state index in [1.807, 2.05) is 19.2 Å². The third-order valence-corrected chi connectivity index (χ3v) is 3.99. The minimum Gasteiger partial charge on any atom is -0.356 e. The van der Waals surface area contributed by atoms with Crippen molar-refractivity contribution in [1.82, 2.24) is 9.97 Å². The Labute approximate surface area is 95.9 Å². The normalized spacial score (nSPS) is 33.1. The largest absolute Gasteiger partial charge is 0.356 e. The summed E-state index contributed by atoms with van der Waals surface area (Å²) in [5.41, 5.74) is 6.20. The fraction of sp³-hybridized carbons (Fsp3) is 0.667. The Morgan fingerprint density at radius 3 is 2.62 bits per heavy atom. The van der Waals surface area contributed by atoms with Gasteiger partial charge in [0.15, 0.2) is 0 Å². The molecular formula is C12H18N4. The van der Waals surface area contributed by atoms with Crippen molar-refractivity contribution < 1.29 is 0 Å². The Morgan fingerprint density at radius 1 is 1.31 bits per heavy atom. The Morgan fingerprint density at radius 2 is 2.00 bits per heavy atom. The molecule has 16 heavy (non-hydrogen) atoms. The first kappa shape index (κ1) is 10.0. The summed E-state index contributed by atoms with van der Waals surface area (Å²) in [6.07, 6.45) is 4.41. The van der Waals surface area contributed by atoms with Gasteiger partial charge in [-0.05, 0) is 37.7 Å². The van der Waals surface area contributed by atoms with Crippen LogP contribution in [0.5, 0.6) is 0 Å². The summed E-state index contributed by atoms with van der Waals surface area (Å²) in [7, 11) is 0. The molecule has 3 atom stereocenters. The van der Waals surface area contributed by atoms with E-state index >= 15 is 0 Å². The lowest BCUT2D eigenvalue weighted by atomic mass is 9.93. The van der Waals surface area contributed by atoms with E-state index in [1.54, 1.807) is 0 Å². The zero-order chi connectivity index (χ0) is 11.1. The molecule has 1 unspecified atom stereocenters. The van der Waals surface area contributed by atoms with Gasteiger partial charge in [0, 0.05) is 25.3 Å². The van der Waals surface area contributed by atoms with Crippen LogP contribution in [0.15, 0.2) is 12.3 Å². The number of hydrogen-bond donors (Lipinski definition) is 1. The highest BCUT2D eigenvalue weighted by atomic mass is 15.2. The summed E-state index contributed by atoms with van der Waals surface area (Å²) < 4.78 is 0. The quantitative estimate of drug-likeness (QED) is 0.762. The van der Waals surface area contributed by atoms with Crippen molar-refractivity contribution in [2.75, 3.05) is 18.0 Å². The lowest BCUT2D eigenvalue weighted by Gasteiger charge is -2.36. The third kappa shape index (κ3) is 1.57. The van der Waals surface area contributed by atoms with E-state index in [4.69, 9.17) is 5.73 Å². The lowest BCUT2D eigenvalue weighted by Crippen LogP contribution is -2.49. The molecule has 4 heteroatoms. The number of aromatic nitrogens is 2. The highest BCUT2D eigenvalue weighted by Crippen LogP contribution is 2.36. The molecule has 0 amide bonds. The van der Waals surface area contributed by atoms with Gasteiger partial charge < -0.3 is 10.6 Å². The van der Waals surface area contributed by atoms with Crippen molar-refractivity contribution in [1.29, 1.82) is 0 Å². The minimum atomic E-state index is 0.416. The fourth-order valence-corrected chi connectivity index (χ4v) is 3.07. The molecule has 1 saturated heterocycles. The summed E-state index contributed by atoms with van der Waals surface area (Å²) in [6.45, 7) is 4.07. The molecule has 1 aromatic rings. The summed E-state index contributed by atoms with van der Waals surface area (Å²) in [5, 5.41) is 0. The number of fused-ring (bicyclic) bond motifs is 2. The molecule has 1 saturated carbocycles. The van der Waals surface area contributed by atoms with Crippen LogP contribution in [0.25, 0.3) is 0 Å². The number of aryl methyl sites for hydroxylation is 1. The van der Waals surface area contributed by atoms with Gasteiger partial charge >= 0.3 is 0 Å². The summed E-state index contributed by atoms with van der Waals surface area (Å²) in [4.78, 5) is 11.0. The molecule has 0 aromatic carbocycles. The Hall–Kier alpha value is -1.16. The Bertz CT molecular complexity index is 378. The predicted molar refractivity (Wildman–Crippen MR) is 63.2 cm³/mol. The van der Waals surface area contributed by atoms with Crippen molar-refractivity contribution in [2.45, 2.75) is 25.8 Å². The zero-order valence-corrected chi connectivity index (χ0v) is 9.63. The average Bonchev–Trinajstić information content (AvgIpc) is 2.53. The molecule has 2 fully saturated rings. The van der Waals surface area contributed by atoms with Crippen LogP contribution in [0.2, 0.25) is 0 Å². The van der Waals surface area contributed by atoms with Crippen LogP contribution in [-0.4, -0.2) is 29.1 Å². The third-order valence-electron chi connectivity index (χ3n) is 3.99. The van der Waals surface area contributed by atoms with Crippen LogP contribution < -0.4 is 10.6 Å². The molecule has 1 aromatic heterocycles. The van der Waals surface area contributed by atoms with Crippen molar-refractivity contribution in [3.8, 4) is 0 Å².